The Bertz CT molecular complexity index is 686. The topological polar surface area (TPSA) is 85.1 Å². The Hall–Kier alpha value is -0.920. The van der Waals surface area contributed by atoms with Crippen LogP contribution in [0.3, 0.4) is 0 Å². The van der Waals surface area contributed by atoms with Gasteiger partial charge in [-0.3, -0.25) is 0 Å². The average Bonchev–Trinajstić information content (AvgIpc) is 3.17. The Morgan fingerprint density at radius 2 is 1.76 bits per heavy atom. The lowest BCUT2D eigenvalue weighted by atomic mass is 9.46. The first-order chi connectivity index (χ1) is 13.7. The van der Waals surface area contributed by atoms with E-state index < -0.39 is 10.8 Å². The zero-order valence-corrected chi connectivity index (χ0v) is 18.0. The predicted molar refractivity (Wildman–Crippen MR) is 105 cm³/mol. The van der Waals surface area contributed by atoms with E-state index in [9.17, 15) is 15.3 Å². The first kappa shape index (κ1) is 20.0. The fraction of sp³-hybridized carbons (Fsp3) is 1.00. The smallest absolute Gasteiger partial charge is 0.294 e. The quantitative estimate of drug-likeness (QED) is 0.538. The first-order valence-electron chi connectivity index (χ1n) is 11.6. The van der Waals surface area contributed by atoms with Gasteiger partial charge in [0.05, 0.1) is 12.1 Å². The van der Waals surface area contributed by atoms with E-state index in [2.05, 4.69) is 20.8 Å². The monoisotopic (exact) mass is 408 g/mol. The maximum absolute atomic E-state index is 10.9. The highest BCUT2D eigenvalue weighted by molar-refractivity contribution is 5.09. The standard InChI is InChI=1S/C22H36N2O5/c1-20(2)13-28-22(23(20)25)11-10-21(3)14(12-22)4-5-16-15-7-9-19(29-24(26)27)17(15)6-8-18(16)21/h14-19,25H,4-13H2,1-3H3/t14-,15?,16?,17?,18?,19?,21?,22?/m0/s1. The third-order valence-corrected chi connectivity index (χ3v) is 9.81. The summed E-state index contributed by atoms with van der Waals surface area (Å²) in [6.07, 6.45) is 9.26. The van der Waals surface area contributed by atoms with E-state index >= 15 is 0 Å². The summed E-state index contributed by atoms with van der Waals surface area (Å²) >= 11 is 0. The van der Waals surface area contributed by atoms with Crippen molar-refractivity contribution in [3.05, 3.63) is 10.1 Å². The van der Waals surface area contributed by atoms with E-state index in [0.29, 0.717) is 36.2 Å². The third kappa shape index (κ3) is 2.87. The average molecular weight is 409 g/mol. The van der Waals surface area contributed by atoms with Crippen LogP contribution in [0.2, 0.25) is 0 Å². The van der Waals surface area contributed by atoms with Crippen molar-refractivity contribution in [1.29, 1.82) is 0 Å². The van der Waals surface area contributed by atoms with E-state index in [1.807, 2.05) is 0 Å². The summed E-state index contributed by atoms with van der Waals surface area (Å²) in [5.41, 5.74) is -0.535. The molecule has 0 aromatic carbocycles. The summed E-state index contributed by atoms with van der Waals surface area (Å²) in [6, 6.07) is 0. The van der Waals surface area contributed by atoms with Crippen LogP contribution in [-0.4, -0.2) is 39.3 Å². The molecule has 0 aromatic rings. The minimum absolute atomic E-state index is 0.187. The van der Waals surface area contributed by atoms with Gasteiger partial charge in [0.1, 0.15) is 11.8 Å². The van der Waals surface area contributed by atoms with Crippen molar-refractivity contribution in [3.8, 4) is 0 Å². The summed E-state index contributed by atoms with van der Waals surface area (Å²) in [7, 11) is 0. The molecule has 164 valence electrons. The lowest BCUT2D eigenvalue weighted by Crippen LogP contribution is -2.59. The molecule has 5 fully saturated rings. The van der Waals surface area contributed by atoms with Gasteiger partial charge in [0.2, 0.25) is 0 Å². The maximum Gasteiger partial charge on any atom is 0.294 e. The second-order valence-corrected chi connectivity index (χ2v) is 11.5. The van der Waals surface area contributed by atoms with Crippen molar-refractivity contribution in [2.75, 3.05) is 6.61 Å². The lowest BCUT2D eigenvalue weighted by Gasteiger charge is -2.61. The van der Waals surface area contributed by atoms with Crippen LogP contribution in [-0.2, 0) is 9.57 Å². The van der Waals surface area contributed by atoms with Crippen molar-refractivity contribution in [3.63, 3.8) is 0 Å². The van der Waals surface area contributed by atoms with E-state index in [1.165, 1.54) is 24.3 Å². The molecule has 29 heavy (non-hydrogen) atoms. The molecule has 7 heteroatoms. The van der Waals surface area contributed by atoms with Crippen molar-refractivity contribution in [2.24, 2.45) is 35.0 Å². The van der Waals surface area contributed by atoms with Crippen LogP contribution in [0.25, 0.3) is 0 Å². The highest BCUT2D eigenvalue weighted by Crippen LogP contribution is 2.65. The normalized spacial score (nSPS) is 51.3. The minimum Gasteiger partial charge on any atom is -0.356 e. The molecule has 1 heterocycles. The molecule has 0 amide bonds. The van der Waals surface area contributed by atoms with Crippen molar-refractivity contribution >= 4 is 0 Å². The summed E-state index contributed by atoms with van der Waals surface area (Å²) < 4.78 is 6.25. The van der Waals surface area contributed by atoms with E-state index in [-0.39, 0.29) is 17.1 Å². The van der Waals surface area contributed by atoms with E-state index in [0.717, 1.165) is 38.5 Å². The van der Waals surface area contributed by atoms with Gasteiger partial charge in [-0.15, -0.1) is 10.1 Å². The Balaban J connectivity index is 1.34. The second kappa shape index (κ2) is 6.54. The number of rotatable bonds is 2. The highest BCUT2D eigenvalue weighted by Gasteiger charge is 2.62. The van der Waals surface area contributed by atoms with Gasteiger partial charge < -0.3 is 14.8 Å². The number of hydroxylamine groups is 2. The largest absolute Gasteiger partial charge is 0.356 e. The molecule has 1 aliphatic heterocycles. The molecule has 4 aliphatic carbocycles. The van der Waals surface area contributed by atoms with Crippen LogP contribution in [0.1, 0.15) is 78.6 Å². The highest BCUT2D eigenvalue weighted by atomic mass is 17.0. The zero-order valence-electron chi connectivity index (χ0n) is 18.0. The summed E-state index contributed by atoms with van der Waals surface area (Å²) in [5.74, 6) is 2.89. The van der Waals surface area contributed by atoms with E-state index in [1.54, 1.807) is 0 Å². The Morgan fingerprint density at radius 1 is 1.03 bits per heavy atom. The molecule has 0 radical (unpaired) electrons. The molecule has 8 atom stereocenters. The number of ether oxygens (including phenoxy) is 1. The Kier molecular flexibility index (Phi) is 4.51. The van der Waals surface area contributed by atoms with E-state index in [4.69, 9.17) is 9.57 Å². The van der Waals surface area contributed by atoms with Crippen LogP contribution < -0.4 is 0 Å². The minimum atomic E-state index is -0.582. The van der Waals surface area contributed by atoms with Gasteiger partial charge in [0, 0.05) is 0 Å². The molecule has 5 rings (SSSR count). The fourth-order valence-electron chi connectivity index (χ4n) is 8.36. The van der Waals surface area contributed by atoms with Gasteiger partial charge in [-0.2, -0.15) is 5.06 Å². The summed E-state index contributed by atoms with van der Waals surface area (Å²) in [4.78, 5) is 16.0. The molecular weight excluding hydrogens is 372 g/mol. The molecular formula is C22H36N2O5. The number of hydrogen-bond donors (Lipinski definition) is 1. The number of hydrogen-bond acceptors (Lipinski definition) is 6. The van der Waals surface area contributed by atoms with Crippen LogP contribution in [0, 0.1) is 45.1 Å². The van der Waals surface area contributed by atoms with Crippen molar-refractivity contribution in [1.82, 2.24) is 5.06 Å². The molecule has 7 unspecified atom stereocenters. The summed E-state index contributed by atoms with van der Waals surface area (Å²) in [5, 5.41) is 22.7. The van der Waals surface area contributed by atoms with Gasteiger partial charge in [-0.25, -0.2) is 0 Å². The van der Waals surface area contributed by atoms with Gasteiger partial charge in [-0.05, 0) is 107 Å². The predicted octanol–water partition coefficient (Wildman–Crippen LogP) is 4.41. The number of nitrogens with zero attached hydrogens (tertiary/aromatic N) is 2. The van der Waals surface area contributed by atoms with Crippen LogP contribution in [0.5, 0.6) is 0 Å². The second-order valence-electron chi connectivity index (χ2n) is 11.5. The van der Waals surface area contributed by atoms with Gasteiger partial charge >= 0.3 is 0 Å². The van der Waals surface area contributed by atoms with Gasteiger partial charge in [0.25, 0.3) is 5.09 Å². The first-order valence-corrected chi connectivity index (χ1v) is 11.6. The molecule has 1 saturated heterocycles. The summed E-state index contributed by atoms with van der Waals surface area (Å²) in [6.45, 7) is 7.18. The molecule has 1 N–H and O–H groups in total. The molecule has 0 aromatic heterocycles. The van der Waals surface area contributed by atoms with Crippen molar-refractivity contribution in [2.45, 2.75) is 95.9 Å². The Morgan fingerprint density at radius 3 is 2.45 bits per heavy atom. The molecule has 1 spiro atoms. The van der Waals surface area contributed by atoms with Crippen LogP contribution in [0.4, 0.5) is 0 Å². The van der Waals surface area contributed by atoms with Gasteiger partial charge in [-0.1, -0.05) is 6.92 Å². The molecule has 4 saturated carbocycles. The lowest BCUT2D eigenvalue weighted by molar-refractivity contribution is -0.770. The Labute approximate surface area is 173 Å². The molecule has 5 aliphatic rings. The molecule has 7 nitrogen and oxygen atoms in total. The zero-order chi connectivity index (χ0) is 20.6. The third-order valence-electron chi connectivity index (χ3n) is 9.81. The van der Waals surface area contributed by atoms with Crippen LogP contribution >= 0.6 is 0 Å². The fourth-order valence-corrected chi connectivity index (χ4v) is 8.36. The number of fused-ring (bicyclic) bond motifs is 5. The van der Waals surface area contributed by atoms with Crippen LogP contribution in [0.15, 0.2) is 0 Å². The SMILES string of the molecule is CC12CCC3(C[C@@H]1CCC1C4CCC(O[N+](=O)[O-])C4CCC12)OCC(C)(C)N3O. The van der Waals surface area contributed by atoms with Gasteiger partial charge in [0.15, 0.2) is 0 Å². The maximum atomic E-state index is 10.9. The molecule has 0 bridgehead atoms. The van der Waals surface area contributed by atoms with Crippen molar-refractivity contribution < 1.29 is 19.9 Å².